The quantitative estimate of drug-likeness (QED) is 0.793. The molecular weight excluding hydrogens is 252 g/mol. The van der Waals surface area contributed by atoms with E-state index >= 15 is 0 Å². The van der Waals surface area contributed by atoms with Crippen LogP contribution in [0.25, 0.3) is 0 Å². The minimum atomic E-state index is 0.0989. The summed E-state index contributed by atoms with van der Waals surface area (Å²) in [6.45, 7) is 13.4. The molecule has 0 spiro atoms. The monoisotopic (exact) mass is 282 g/mol. The largest absolute Gasteiger partial charge is 0.379 e. The fourth-order valence-electron chi connectivity index (χ4n) is 3.08. The molecule has 0 radical (unpaired) electrons. The lowest BCUT2D eigenvalue weighted by Gasteiger charge is -2.36. The molecule has 0 N–H and O–H groups in total. The van der Waals surface area contributed by atoms with Crippen LogP contribution in [0.5, 0.6) is 0 Å². The molecule has 2 heterocycles. The second kappa shape index (κ2) is 6.90. The molecule has 2 aliphatic rings. The number of likely N-dealkylation sites (tertiary alicyclic amines) is 1. The molecule has 2 saturated heterocycles. The van der Waals surface area contributed by atoms with Crippen molar-refractivity contribution in [2.24, 2.45) is 11.3 Å². The summed E-state index contributed by atoms with van der Waals surface area (Å²) in [5.41, 5.74) is 0.0989. The highest BCUT2D eigenvalue weighted by Crippen LogP contribution is 2.24. The number of amides is 1. The number of rotatable bonds is 3. The Morgan fingerprint density at radius 3 is 2.25 bits per heavy atom. The van der Waals surface area contributed by atoms with Crippen molar-refractivity contribution in [2.75, 3.05) is 45.9 Å². The van der Waals surface area contributed by atoms with Crippen LogP contribution in [0, 0.1) is 11.3 Å². The van der Waals surface area contributed by atoms with Crippen molar-refractivity contribution in [3.8, 4) is 0 Å². The van der Waals surface area contributed by atoms with E-state index in [-0.39, 0.29) is 5.41 Å². The molecule has 0 atom stereocenters. The maximum Gasteiger partial charge on any atom is 0.223 e. The zero-order valence-corrected chi connectivity index (χ0v) is 13.4. The van der Waals surface area contributed by atoms with E-state index in [1.807, 2.05) is 0 Å². The van der Waals surface area contributed by atoms with Crippen LogP contribution in [0.2, 0.25) is 0 Å². The molecule has 0 aromatic carbocycles. The molecular formula is C16H30N2O2. The zero-order chi connectivity index (χ0) is 14.6. The van der Waals surface area contributed by atoms with Crippen molar-refractivity contribution < 1.29 is 9.53 Å². The van der Waals surface area contributed by atoms with Gasteiger partial charge in [-0.2, -0.15) is 0 Å². The topological polar surface area (TPSA) is 32.8 Å². The van der Waals surface area contributed by atoms with E-state index in [0.29, 0.717) is 12.3 Å². The molecule has 1 amide bonds. The second-order valence-corrected chi connectivity index (χ2v) is 7.47. The number of piperidine rings is 1. The third kappa shape index (κ3) is 5.06. The van der Waals surface area contributed by atoms with Gasteiger partial charge in [0.1, 0.15) is 0 Å². The summed E-state index contributed by atoms with van der Waals surface area (Å²) in [6, 6.07) is 0. The number of carbonyl (C=O) groups excluding carboxylic acids is 1. The Morgan fingerprint density at radius 2 is 1.70 bits per heavy atom. The number of nitrogens with zero attached hydrogens (tertiary/aromatic N) is 2. The maximum atomic E-state index is 12.2. The summed E-state index contributed by atoms with van der Waals surface area (Å²) in [5.74, 6) is 1.09. The van der Waals surface area contributed by atoms with Crippen LogP contribution < -0.4 is 0 Å². The van der Waals surface area contributed by atoms with Crippen LogP contribution in [-0.2, 0) is 9.53 Å². The van der Waals surface area contributed by atoms with Gasteiger partial charge in [0, 0.05) is 39.1 Å². The Balaban J connectivity index is 1.70. The van der Waals surface area contributed by atoms with E-state index in [4.69, 9.17) is 4.74 Å². The Bertz CT molecular complexity index is 311. The Morgan fingerprint density at radius 1 is 1.10 bits per heavy atom. The lowest BCUT2D eigenvalue weighted by Crippen LogP contribution is -2.44. The number of hydrogen-bond acceptors (Lipinski definition) is 3. The summed E-state index contributed by atoms with van der Waals surface area (Å²) in [7, 11) is 0. The van der Waals surface area contributed by atoms with Crippen LogP contribution in [0.15, 0.2) is 0 Å². The summed E-state index contributed by atoms with van der Waals surface area (Å²) in [6.07, 6.45) is 2.99. The van der Waals surface area contributed by atoms with Gasteiger partial charge in [0.15, 0.2) is 0 Å². The lowest BCUT2D eigenvalue weighted by molar-refractivity contribution is -0.134. The summed E-state index contributed by atoms with van der Waals surface area (Å²) >= 11 is 0. The fourth-order valence-corrected chi connectivity index (χ4v) is 3.08. The molecule has 0 aromatic heterocycles. The molecule has 2 aliphatic heterocycles. The van der Waals surface area contributed by atoms with Crippen molar-refractivity contribution in [2.45, 2.75) is 40.0 Å². The number of carbonyl (C=O) groups is 1. The van der Waals surface area contributed by atoms with Gasteiger partial charge in [0.05, 0.1) is 13.2 Å². The number of morpholine rings is 1. The number of hydrogen-bond donors (Lipinski definition) is 0. The summed E-state index contributed by atoms with van der Waals surface area (Å²) in [4.78, 5) is 16.8. The van der Waals surface area contributed by atoms with E-state index in [1.165, 1.54) is 6.54 Å². The van der Waals surface area contributed by atoms with E-state index in [2.05, 4.69) is 30.6 Å². The van der Waals surface area contributed by atoms with Crippen LogP contribution in [0.1, 0.15) is 40.0 Å². The average Bonchev–Trinajstić information content (AvgIpc) is 2.39. The van der Waals surface area contributed by atoms with Gasteiger partial charge < -0.3 is 9.64 Å². The van der Waals surface area contributed by atoms with Crippen LogP contribution in [0.3, 0.4) is 0 Å². The Kier molecular flexibility index (Phi) is 5.44. The van der Waals surface area contributed by atoms with Gasteiger partial charge in [-0.05, 0) is 24.2 Å². The fraction of sp³-hybridized carbons (Fsp3) is 0.938. The SMILES string of the molecule is CC(C)(C)CC(=O)N1CCC(CN2CCOCC2)CC1. The smallest absolute Gasteiger partial charge is 0.223 e. The van der Waals surface area contributed by atoms with Crippen LogP contribution >= 0.6 is 0 Å². The van der Waals surface area contributed by atoms with Crippen molar-refractivity contribution >= 4 is 5.91 Å². The van der Waals surface area contributed by atoms with Gasteiger partial charge in [-0.1, -0.05) is 20.8 Å². The molecule has 4 nitrogen and oxygen atoms in total. The number of ether oxygens (including phenoxy) is 1. The maximum absolute atomic E-state index is 12.2. The molecule has 0 aromatic rings. The van der Waals surface area contributed by atoms with Gasteiger partial charge in [-0.3, -0.25) is 9.69 Å². The van der Waals surface area contributed by atoms with Crippen LogP contribution in [-0.4, -0.2) is 61.6 Å². The van der Waals surface area contributed by atoms with Gasteiger partial charge >= 0.3 is 0 Å². The second-order valence-electron chi connectivity index (χ2n) is 7.47. The van der Waals surface area contributed by atoms with E-state index in [0.717, 1.165) is 58.2 Å². The van der Waals surface area contributed by atoms with Crippen molar-refractivity contribution in [3.05, 3.63) is 0 Å². The standard InChI is InChI=1S/C16H30N2O2/c1-16(2,3)12-15(19)18-6-4-14(5-7-18)13-17-8-10-20-11-9-17/h14H,4-13H2,1-3H3. The van der Waals surface area contributed by atoms with Crippen molar-refractivity contribution in [1.29, 1.82) is 0 Å². The first-order valence-electron chi connectivity index (χ1n) is 8.02. The molecule has 0 saturated carbocycles. The van der Waals surface area contributed by atoms with E-state index in [1.54, 1.807) is 0 Å². The molecule has 2 rings (SSSR count). The van der Waals surface area contributed by atoms with Gasteiger partial charge in [0.2, 0.25) is 5.91 Å². The summed E-state index contributed by atoms with van der Waals surface area (Å²) < 4.78 is 5.39. The van der Waals surface area contributed by atoms with Crippen molar-refractivity contribution in [1.82, 2.24) is 9.80 Å². The molecule has 116 valence electrons. The first kappa shape index (κ1) is 15.8. The highest BCUT2D eigenvalue weighted by atomic mass is 16.5. The summed E-state index contributed by atoms with van der Waals surface area (Å²) in [5, 5.41) is 0. The van der Waals surface area contributed by atoms with E-state index in [9.17, 15) is 4.79 Å². The lowest BCUT2D eigenvalue weighted by atomic mass is 9.90. The first-order chi connectivity index (χ1) is 9.44. The first-order valence-corrected chi connectivity index (χ1v) is 8.02. The minimum Gasteiger partial charge on any atom is -0.379 e. The Hall–Kier alpha value is -0.610. The van der Waals surface area contributed by atoms with Crippen LogP contribution in [0.4, 0.5) is 0 Å². The minimum absolute atomic E-state index is 0.0989. The predicted molar refractivity (Wildman–Crippen MR) is 80.6 cm³/mol. The Labute approximate surface area is 123 Å². The average molecular weight is 282 g/mol. The molecule has 4 heteroatoms. The molecule has 0 aliphatic carbocycles. The van der Waals surface area contributed by atoms with Gasteiger partial charge in [-0.15, -0.1) is 0 Å². The molecule has 0 unspecified atom stereocenters. The third-order valence-corrected chi connectivity index (χ3v) is 4.27. The normalized spacial score (nSPS) is 23.1. The van der Waals surface area contributed by atoms with Gasteiger partial charge in [-0.25, -0.2) is 0 Å². The van der Waals surface area contributed by atoms with Gasteiger partial charge in [0.25, 0.3) is 0 Å². The zero-order valence-electron chi connectivity index (χ0n) is 13.4. The van der Waals surface area contributed by atoms with Crippen molar-refractivity contribution in [3.63, 3.8) is 0 Å². The molecule has 0 bridgehead atoms. The predicted octanol–water partition coefficient (Wildman–Crippen LogP) is 1.99. The highest BCUT2D eigenvalue weighted by Gasteiger charge is 2.27. The van der Waals surface area contributed by atoms with E-state index < -0.39 is 0 Å². The molecule has 2 fully saturated rings. The third-order valence-electron chi connectivity index (χ3n) is 4.27. The molecule has 20 heavy (non-hydrogen) atoms. The highest BCUT2D eigenvalue weighted by molar-refractivity contribution is 5.76.